The van der Waals surface area contributed by atoms with Crippen molar-refractivity contribution >= 4 is 35.0 Å². The summed E-state index contributed by atoms with van der Waals surface area (Å²) in [4.78, 5) is 32.9. The summed E-state index contributed by atoms with van der Waals surface area (Å²) in [5.74, 6) is 0.275. The van der Waals surface area contributed by atoms with Crippen LogP contribution in [0, 0.1) is 0 Å². The molecule has 0 saturated carbocycles. The molecule has 0 N–H and O–H groups in total. The lowest BCUT2D eigenvalue weighted by Gasteiger charge is -2.48. The smallest absolute Gasteiger partial charge is 0.253 e. The second-order valence-electron chi connectivity index (χ2n) is 12.3. The second-order valence-corrected chi connectivity index (χ2v) is 13.1. The minimum atomic E-state index is -0.270. The highest BCUT2D eigenvalue weighted by molar-refractivity contribution is 6.42. The van der Waals surface area contributed by atoms with Crippen LogP contribution in [0.25, 0.3) is 0 Å². The fraction of sp³-hybridized carbons (Fsp3) is 0.444. The van der Waals surface area contributed by atoms with E-state index < -0.39 is 0 Å². The second kappa shape index (κ2) is 13.8. The van der Waals surface area contributed by atoms with Crippen molar-refractivity contribution in [3.05, 3.63) is 106 Å². The Hall–Kier alpha value is -2.86. The maximum atomic E-state index is 13.5. The van der Waals surface area contributed by atoms with Gasteiger partial charge in [-0.05, 0) is 80.5 Å². The van der Waals surface area contributed by atoms with Gasteiger partial charge in [-0.3, -0.25) is 9.59 Å². The third kappa shape index (κ3) is 6.79. The molecule has 228 valence electrons. The first kappa shape index (κ1) is 31.6. The number of carbonyl (C=O) groups excluding carboxylic acids is 2. The van der Waals surface area contributed by atoms with Crippen LogP contribution in [0.2, 0.25) is 10.0 Å². The molecule has 3 aromatic rings. The minimum absolute atomic E-state index is 0.0868. The third-order valence-corrected chi connectivity index (χ3v) is 10.6. The Bertz CT molecular complexity index is 1390. The van der Waals surface area contributed by atoms with Gasteiger partial charge in [-0.2, -0.15) is 0 Å². The highest BCUT2D eigenvalue weighted by Crippen LogP contribution is 2.42. The molecule has 0 spiro atoms. The molecule has 5 rings (SSSR count). The zero-order valence-electron chi connectivity index (χ0n) is 25.4. The topological polar surface area (TPSA) is 43.9 Å². The molecule has 0 aromatic heterocycles. The summed E-state index contributed by atoms with van der Waals surface area (Å²) >= 11 is 12.9. The first-order valence-corrected chi connectivity index (χ1v) is 16.4. The van der Waals surface area contributed by atoms with Crippen molar-refractivity contribution in [3.8, 4) is 0 Å². The molecule has 0 aliphatic carbocycles. The summed E-state index contributed by atoms with van der Waals surface area (Å²) in [6.45, 7) is 6.22. The zero-order valence-corrected chi connectivity index (χ0v) is 26.9. The Morgan fingerprint density at radius 1 is 0.837 bits per heavy atom. The third-order valence-electron chi connectivity index (χ3n) is 9.86. The van der Waals surface area contributed by atoms with E-state index in [1.165, 1.54) is 5.56 Å². The van der Waals surface area contributed by atoms with Crippen LogP contribution < -0.4 is 0 Å². The summed E-state index contributed by atoms with van der Waals surface area (Å²) in [6.07, 6.45) is 6.25. The van der Waals surface area contributed by atoms with E-state index in [1.807, 2.05) is 72.3 Å². The number of halogens is 2. The van der Waals surface area contributed by atoms with Crippen molar-refractivity contribution in [2.45, 2.75) is 62.8 Å². The van der Waals surface area contributed by atoms with E-state index in [0.717, 1.165) is 75.8 Å². The van der Waals surface area contributed by atoms with Gasteiger partial charge in [0.05, 0.1) is 15.6 Å². The van der Waals surface area contributed by atoms with Gasteiger partial charge in [0.1, 0.15) is 0 Å². The summed E-state index contributed by atoms with van der Waals surface area (Å²) < 4.78 is 0. The molecule has 3 aromatic carbocycles. The van der Waals surface area contributed by atoms with Crippen LogP contribution in [0.1, 0.15) is 73.4 Å². The van der Waals surface area contributed by atoms with E-state index >= 15 is 0 Å². The number of rotatable bonds is 9. The number of carbonyl (C=O) groups is 2. The fourth-order valence-electron chi connectivity index (χ4n) is 7.31. The van der Waals surface area contributed by atoms with Crippen molar-refractivity contribution in [3.63, 3.8) is 0 Å². The average molecular weight is 621 g/mol. The highest BCUT2D eigenvalue weighted by atomic mass is 35.5. The summed E-state index contributed by atoms with van der Waals surface area (Å²) in [5.41, 5.74) is 2.66. The van der Waals surface area contributed by atoms with E-state index in [2.05, 4.69) is 35.2 Å². The molecule has 5 nitrogen and oxygen atoms in total. The Balaban J connectivity index is 1.30. The van der Waals surface area contributed by atoms with Gasteiger partial charge in [-0.15, -0.1) is 0 Å². The van der Waals surface area contributed by atoms with Crippen LogP contribution in [-0.4, -0.2) is 66.3 Å². The van der Waals surface area contributed by atoms with Gasteiger partial charge >= 0.3 is 0 Å². The van der Waals surface area contributed by atoms with Crippen molar-refractivity contribution in [1.82, 2.24) is 14.7 Å². The molecule has 0 radical (unpaired) electrons. The highest BCUT2D eigenvalue weighted by Gasteiger charge is 2.42. The lowest BCUT2D eigenvalue weighted by molar-refractivity contribution is -0.138. The van der Waals surface area contributed by atoms with E-state index in [9.17, 15) is 9.59 Å². The number of piperidine rings is 2. The molecule has 1 atom stereocenters. The summed E-state index contributed by atoms with van der Waals surface area (Å²) in [5, 5.41) is 1.11. The average Bonchev–Trinajstić information content (AvgIpc) is 3.06. The predicted octanol–water partition coefficient (Wildman–Crippen LogP) is 7.81. The van der Waals surface area contributed by atoms with Crippen molar-refractivity contribution in [2.24, 2.45) is 0 Å². The Morgan fingerprint density at radius 3 is 2.16 bits per heavy atom. The standard InChI is InChI=1S/C36H43Cl2N3O2/c1-3-33(42)39(2)36(29-14-8-5-9-15-29)20-24-40(25-21-36)22-10-18-35(30-16-17-31(37)32(38)26-30)19-11-23-41(27-35)34(43)28-12-6-4-7-13-28/h4-9,12-17,26H,3,10-11,18-25,27H2,1-2H3. The predicted molar refractivity (Wildman–Crippen MR) is 176 cm³/mol. The molecule has 2 aliphatic rings. The van der Waals surface area contributed by atoms with E-state index in [-0.39, 0.29) is 22.8 Å². The first-order chi connectivity index (χ1) is 20.8. The summed E-state index contributed by atoms with van der Waals surface area (Å²) in [6, 6.07) is 26.1. The Kier molecular flexibility index (Phi) is 10.2. The van der Waals surface area contributed by atoms with Crippen LogP contribution >= 0.6 is 23.2 Å². The van der Waals surface area contributed by atoms with E-state index in [0.29, 0.717) is 23.0 Å². The van der Waals surface area contributed by atoms with Crippen molar-refractivity contribution < 1.29 is 9.59 Å². The van der Waals surface area contributed by atoms with Gasteiger partial charge in [0.25, 0.3) is 5.91 Å². The number of hydrogen-bond donors (Lipinski definition) is 0. The van der Waals surface area contributed by atoms with Crippen LogP contribution in [0.15, 0.2) is 78.9 Å². The molecule has 0 bridgehead atoms. The lowest BCUT2D eigenvalue weighted by atomic mass is 9.70. The van der Waals surface area contributed by atoms with E-state index in [4.69, 9.17) is 23.2 Å². The minimum Gasteiger partial charge on any atom is -0.338 e. The molecular formula is C36H43Cl2N3O2. The molecular weight excluding hydrogens is 577 g/mol. The summed E-state index contributed by atoms with van der Waals surface area (Å²) in [7, 11) is 1.97. The van der Waals surface area contributed by atoms with Gasteiger partial charge < -0.3 is 14.7 Å². The molecule has 43 heavy (non-hydrogen) atoms. The maximum absolute atomic E-state index is 13.5. The normalized spacial score (nSPS) is 20.5. The van der Waals surface area contributed by atoms with Crippen LogP contribution in [0.4, 0.5) is 0 Å². The molecule has 2 heterocycles. The molecule has 7 heteroatoms. The van der Waals surface area contributed by atoms with Crippen LogP contribution in [0.3, 0.4) is 0 Å². The fourth-order valence-corrected chi connectivity index (χ4v) is 7.61. The monoisotopic (exact) mass is 619 g/mol. The number of hydrogen-bond acceptors (Lipinski definition) is 3. The van der Waals surface area contributed by atoms with Gasteiger partial charge in [-0.25, -0.2) is 0 Å². The molecule has 2 saturated heterocycles. The van der Waals surface area contributed by atoms with Gasteiger partial charge in [0, 0.05) is 50.6 Å². The number of nitrogens with zero attached hydrogens (tertiary/aromatic N) is 3. The molecule has 1 unspecified atom stereocenters. The van der Waals surface area contributed by atoms with Crippen LogP contribution in [0.5, 0.6) is 0 Å². The lowest BCUT2D eigenvalue weighted by Crippen LogP contribution is -2.54. The van der Waals surface area contributed by atoms with Gasteiger partial charge in [0.2, 0.25) is 5.91 Å². The largest absolute Gasteiger partial charge is 0.338 e. The van der Waals surface area contributed by atoms with Crippen molar-refractivity contribution in [1.29, 1.82) is 0 Å². The van der Waals surface area contributed by atoms with Gasteiger partial charge in [-0.1, -0.05) is 84.7 Å². The quantitative estimate of drug-likeness (QED) is 0.245. The molecule has 2 aliphatic heterocycles. The number of benzene rings is 3. The molecule has 2 fully saturated rings. The van der Waals surface area contributed by atoms with Gasteiger partial charge in [0.15, 0.2) is 0 Å². The van der Waals surface area contributed by atoms with Crippen LogP contribution in [-0.2, 0) is 15.7 Å². The number of amides is 2. The Morgan fingerprint density at radius 2 is 1.51 bits per heavy atom. The maximum Gasteiger partial charge on any atom is 0.253 e. The Labute approximate surface area is 266 Å². The van der Waals surface area contributed by atoms with E-state index in [1.54, 1.807) is 0 Å². The first-order valence-electron chi connectivity index (χ1n) is 15.6. The number of likely N-dealkylation sites (tertiary alicyclic amines) is 2. The molecule has 2 amide bonds. The van der Waals surface area contributed by atoms with Crippen molar-refractivity contribution in [2.75, 3.05) is 39.8 Å². The zero-order chi connectivity index (χ0) is 30.5. The SMILES string of the molecule is CCC(=O)N(C)C1(c2ccccc2)CCN(CCCC2(c3ccc(Cl)c(Cl)c3)CCCN(C(=O)c3ccccc3)C2)CC1.